The summed E-state index contributed by atoms with van der Waals surface area (Å²) in [5, 5.41) is 11.8. The molecule has 1 heterocycles. The van der Waals surface area contributed by atoms with Crippen LogP contribution < -0.4 is 5.32 Å². The van der Waals surface area contributed by atoms with Crippen LogP contribution in [0.4, 0.5) is 0 Å². The lowest BCUT2D eigenvalue weighted by atomic mass is 10.2. The zero-order valence-electron chi connectivity index (χ0n) is 8.44. The number of nitriles is 1. The topological polar surface area (TPSA) is 61.6 Å². The maximum atomic E-state index is 8.60. The fourth-order valence-electron chi connectivity index (χ4n) is 1.04. The van der Waals surface area contributed by atoms with Crippen LogP contribution in [0, 0.1) is 17.2 Å². The fraction of sp³-hybridized carbons (Fsp3) is 0.500. The third kappa shape index (κ3) is 3.11. The minimum Gasteiger partial charge on any atom is -0.308 e. The molecule has 0 aliphatic rings. The first-order chi connectivity index (χ1) is 6.74. The van der Waals surface area contributed by atoms with Gasteiger partial charge in [-0.15, -0.1) is 0 Å². The Morgan fingerprint density at radius 3 is 2.86 bits per heavy atom. The fourth-order valence-corrected chi connectivity index (χ4v) is 1.04. The van der Waals surface area contributed by atoms with Crippen molar-refractivity contribution in [3.05, 3.63) is 24.3 Å². The molecular weight excluding hydrogens is 176 g/mol. The van der Waals surface area contributed by atoms with E-state index in [1.165, 1.54) is 0 Å². The standard InChI is InChI=1S/C10H14N4/c1-8(5-11)6-14-9(2)10-7-12-3-4-13-10/h3-4,7-9,14H,6H2,1-2H3. The van der Waals surface area contributed by atoms with E-state index >= 15 is 0 Å². The molecule has 14 heavy (non-hydrogen) atoms. The van der Waals surface area contributed by atoms with Crippen LogP contribution in [-0.2, 0) is 0 Å². The summed E-state index contributed by atoms with van der Waals surface area (Å²) in [4.78, 5) is 8.16. The zero-order valence-corrected chi connectivity index (χ0v) is 8.44. The Balaban J connectivity index is 2.44. The molecule has 1 rings (SSSR count). The molecule has 1 N–H and O–H groups in total. The normalized spacial score (nSPS) is 14.4. The van der Waals surface area contributed by atoms with Gasteiger partial charge in [0.25, 0.3) is 0 Å². The molecule has 4 heteroatoms. The summed E-state index contributed by atoms with van der Waals surface area (Å²) >= 11 is 0. The summed E-state index contributed by atoms with van der Waals surface area (Å²) in [6.45, 7) is 4.57. The van der Waals surface area contributed by atoms with Gasteiger partial charge in [0.05, 0.1) is 17.7 Å². The van der Waals surface area contributed by atoms with Crippen molar-refractivity contribution >= 4 is 0 Å². The largest absolute Gasteiger partial charge is 0.308 e. The Morgan fingerprint density at radius 2 is 2.29 bits per heavy atom. The Labute approximate surface area is 84.0 Å². The smallest absolute Gasteiger partial charge is 0.0753 e. The molecule has 2 unspecified atom stereocenters. The number of nitrogens with zero attached hydrogens (tertiary/aromatic N) is 3. The lowest BCUT2D eigenvalue weighted by Gasteiger charge is -2.13. The molecule has 1 aromatic rings. The molecule has 4 nitrogen and oxygen atoms in total. The van der Waals surface area contributed by atoms with Crippen molar-refractivity contribution in [2.75, 3.05) is 6.54 Å². The van der Waals surface area contributed by atoms with Crippen LogP contribution in [0.3, 0.4) is 0 Å². The van der Waals surface area contributed by atoms with Gasteiger partial charge in [0, 0.05) is 31.2 Å². The lowest BCUT2D eigenvalue weighted by Crippen LogP contribution is -2.24. The first-order valence-corrected chi connectivity index (χ1v) is 4.63. The van der Waals surface area contributed by atoms with Gasteiger partial charge in [-0.1, -0.05) is 0 Å². The summed E-state index contributed by atoms with van der Waals surface area (Å²) in [5.41, 5.74) is 0.901. The van der Waals surface area contributed by atoms with Crippen molar-refractivity contribution in [1.29, 1.82) is 5.26 Å². The highest BCUT2D eigenvalue weighted by Gasteiger charge is 2.07. The van der Waals surface area contributed by atoms with Crippen molar-refractivity contribution < 1.29 is 0 Å². The van der Waals surface area contributed by atoms with Crippen LogP contribution in [0.5, 0.6) is 0 Å². The summed E-state index contributed by atoms with van der Waals surface area (Å²) in [6, 6.07) is 2.31. The molecule has 74 valence electrons. The number of hydrogen-bond donors (Lipinski definition) is 1. The van der Waals surface area contributed by atoms with E-state index in [-0.39, 0.29) is 12.0 Å². The van der Waals surface area contributed by atoms with Crippen molar-refractivity contribution in [1.82, 2.24) is 15.3 Å². The first-order valence-electron chi connectivity index (χ1n) is 4.63. The Kier molecular flexibility index (Phi) is 4.02. The van der Waals surface area contributed by atoms with E-state index in [2.05, 4.69) is 21.4 Å². The maximum absolute atomic E-state index is 8.60. The molecule has 0 saturated heterocycles. The second-order valence-corrected chi connectivity index (χ2v) is 3.29. The van der Waals surface area contributed by atoms with Crippen LogP contribution in [0.25, 0.3) is 0 Å². The van der Waals surface area contributed by atoms with Gasteiger partial charge in [-0.3, -0.25) is 9.97 Å². The van der Waals surface area contributed by atoms with Gasteiger partial charge in [-0.2, -0.15) is 5.26 Å². The second-order valence-electron chi connectivity index (χ2n) is 3.29. The van der Waals surface area contributed by atoms with Crippen molar-refractivity contribution in [3.8, 4) is 6.07 Å². The van der Waals surface area contributed by atoms with E-state index in [9.17, 15) is 0 Å². The zero-order chi connectivity index (χ0) is 10.4. The van der Waals surface area contributed by atoms with E-state index in [1.54, 1.807) is 18.6 Å². The molecule has 0 aromatic carbocycles. The summed E-state index contributed by atoms with van der Waals surface area (Å²) in [5.74, 6) is 0.0223. The molecule has 0 amide bonds. The van der Waals surface area contributed by atoms with Gasteiger partial charge in [-0.05, 0) is 13.8 Å². The van der Waals surface area contributed by atoms with E-state index < -0.39 is 0 Å². The van der Waals surface area contributed by atoms with Gasteiger partial charge in [0.2, 0.25) is 0 Å². The number of rotatable bonds is 4. The molecule has 0 spiro atoms. The minimum absolute atomic E-state index is 0.0223. The molecule has 0 aliphatic carbocycles. The Bertz CT molecular complexity index is 304. The SMILES string of the molecule is CC(C#N)CNC(C)c1cnccn1. The third-order valence-corrected chi connectivity index (χ3v) is 1.98. The van der Waals surface area contributed by atoms with Gasteiger partial charge in [0.15, 0.2) is 0 Å². The monoisotopic (exact) mass is 190 g/mol. The Morgan fingerprint density at radius 1 is 1.50 bits per heavy atom. The summed E-state index contributed by atoms with van der Waals surface area (Å²) < 4.78 is 0. The minimum atomic E-state index is 0.0223. The summed E-state index contributed by atoms with van der Waals surface area (Å²) in [7, 11) is 0. The second kappa shape index (κ2) is 5.30. The van der Waals surface area contributed by atoms with Crippen LogP contribution in [-0.4, -0.2) is 16.5 Å². The molecular formula is C10H14N4. The Hall–Kier alpha value is -1.47. The average Bonchev–Trinajstić information content (AvgIpc) is 2.26. The highest BCUT2D eigenvalue weighted by atomic mass is 14.9. The summed E-state index contributed by atoms with van der Waals surface area (Å²) in [6.07, 6.45) is 5.05. The van der Waals surface area contributed by atoms with Gasteiger partial charge in [-0.25, -0.2) is 0 Å². The van der Waals surface area contributed by atoms with Gasteiger partial charge >= 0.3 is 0 Å². The van der Waals surface area contributed by atoms with E-state index in [4.69, 9.17) is 5.26 Å². The lowest BCUT2D eigenvalue weighted by molar-refractivity contribution is 0.517. The average molecular weight is 190 g/mol. The van der Waals surface area contributed by atoms with E-state index in [0.717, 1.165) is 5.69 Å². The van der Waals surface area contributed by atoms with E-state index in [1.807, 2.05) is 13.8 Å². The van der Waals surface area contributed by atoms with Crippen molar-refractivity contribution in [2.45, 2.75) is 19.9 Å². The predicted molar refractivity (Wildman–Crippen MR) is 53.2 cm³/mol. The number of nitrogens with one attached hydrogen (secondary N) is 1. The van der Waals surface area contributed by atoms with Gasteiger partial charge in [0.1, 0.15) is 0 Å². The van der Waals surface area contributed by atoms with Crippen molar-refractivity contribution in [2.24, 2.45) is 5.92 Å². The molecule has 1 aromatic heterocycles. The quantitative estimate of drug-likeness (QED) is 0.777. The van der Waals surface area contributed by atoms with Crippen LogP contribution >= 0.6 is 0 Å². The van der Waals surface area contributed by atoms with Crippen LogP contribution in [0.2, 0.25) is 0 Å². The van der Waals surface area contributed by atoms with Gasteiger partial charge < -0.3 is 5.32 Å². The van der Waals surface area contributed by atoms with Crippen LogP contribution in [0.15, 0.2) is 18.6 Å². The number of aromatic nitrogens is 2. The first kappa shape index (κ1) is 10.6. The predicted octanol–water partition coefficient (Wildman–Crippen LogP) is 1.29. The molecule has 0 radical (unpaired) electrons. The van der Waals surface area contributed by atoms with Crippen LogP contribution in [0.1, 0.15) is 25.6 Å². The van der Waals surface area contributed by atoms with Crippen molar-refractivity contribution in [3.63, 3.8) is 0 Å². The molecule has 2 atom stereocenters. The van der Waals surface area contributed by atoms with E-state index in [0.29, 0.717) is 6.54 Å². The molecule has 0 bridgehead atoms. The molecule has 0 saturated carbocycles. The maximum Gasteiger partial charge on any atom is 0.0753 e. The molecule has 0 fully saturated rings. The highest BCUT2D eigenvalue weighted by Crippen LogP contribution is 2.06. The third-order valence-electron chi connectivity index (χ3n) is 1.98. The number of hydrogen-bond acceptors (Lipinski definition) is 4. The molecule has 0 aliphatic heterocycles. The highest BCUT2D eigenvalue weighted by molar-refractivity contribution is 5.00.